The van der Waals surface area contributed by atoms with Gasteiger partial charge in [0.25, 0.3) is 5.91 Å². The lowest BCUT2D eigenvalue weighted by atomic mass is 10.2. The number of aryl methyl sites for hydroxylation is 1. The maximum Gasteiger partial charge on any atom is 0.272 e. The number of hydrogen-bond donors (Lipinski definition) is 1. The van der Waals surface area contributed by atoms with Crippen molar-refractivity contribution < 1.29 is 4.79 Å². The van der Waals surface area contributed by atoms with Crippen molar-refractivity contribution in [2.24, 2.45) is 0 Å². The molecule has 0 radical (unpaired) electrons. The predicted molar refractivity (Wildman–Crippen MR) is 79.8 cm³/mol. The molecule has 0 aliphatic carbocycles. The molecular weight excluding hydrogens is 250 g/mol. The second-order valence-corrected chi connectivity index (χ2v) is 4.52. The highest BCUT2D eigenvalue weighted by Gasteiger charge is 2.14. The lowest BCUT2D eigenvalue weighted by Crippen LogP contribution is -2.16. The molecule has 0 spiro atoms. The molecule has 4 nitrogen and oxygen atoms in total. The summed E-state index contributed by atoms with van der Waals surface area (Å²) in [5, 5.41) is 3.97. The van der Waals surface area contributed by atoms with Crippen molar-refractivity contribution in [1.82, 2.24) is 9.55 Å². The summed E-state index contributed by atoms with van der Waals surface area (Å²) in [5.74, 6) is -0.103. The van der Waals surface area contributed by atoms with Crippen molar-refractivity contribution in [3.63, 3.8) is 0 Å². The molecular formula is C16H15N3O. The first kappa shape index (κ1) is 12.4. The van der Waals surface area contributed by atoms with E-state index in [1.807, 2.05) is 41.8 Å². The summed E-state index contributed by atoms with van der Waals surface area (Å²) in [6.45, 7) is 2.79. The van der Waals surface area contributed by atoms with Gasteiger partial charge in [-0.2, -0.15) is 0 Å². The highest BCUT2D eigenvalue weighted by molar-refractivity contribution is 6.06. The van der Waals surface area contributed by atoms with Gasteiger partial charge in [0.15, 0.2) is 0 Å². The van der Waals surface area contributed by atoms with Crippen molar-refractivity contribution in [2.45, 2.75) is 13.5 Å². The molecule has 3 aromatic rings. The van der Waals surface area contributed by atoms with Crippen LogP contribution in [0.25, 0.3) is 10.9 Å². The molecule has 0 atom stereocenters. The van der Waals surface area contributed by atoms with Crippen LogP contribution in [0.15, 0.2) is 54.9 Å². The number of para-hydroxylation sites is 1. The molecule has 3 rings (SSSR count). The van der Waals surface area contributed by atoms with Crippen LogP contribution in [0.5, 0.6) is 0 Å². The summed E-state index contributed by atoms with van der Waals surface area (Å²) >= 11 is 0. The Morgan fingerprint density at radius 2 is 1.95 bits per heavy atom. The molecule has 1 amide bonds. The van der Waals surface area contributed by atoms with E-state index in [0.717, 1.165) is 23.1 Å². The fourth-order valence-corrected chi connectivity index (χ4v) is 2.37. The molecule has 0 unspecified atom stereocenters. The number of aromatic nitrogens is 2. The van der Waals surface area contributed by atoms with E-state index in [1.54, 1.807) is 24.5 Å². The highest BCUT2D eigenvalue weighted by Crippen LogP contribution is 2.20. The smallest absolute Gasteiger partial charge is 0.272 e. The Bertz CT molecular complexity index is 747. The number of anilines is 1. The van der Waals surface area contributed by atoms with E-state index in [1.165, 1.54) is 0 Å². The second kappa shape index (κ2) is 5.17. The third-order valence-electron chi connectivity index (χ3n) is 3.30. The summed E-state index contributed by atoms with van der Waals surface area (Å²) in [5.41, 5.74) is 2.50. The van der Waals surface area contributed by atoms with Crippen molar-refractivity contribution >= 4 is 22.5 Å². The first-order valence-corrected chi connectivity index (χ1v) is 6.59. The van der Waals surface area contributed by atoms with Crippen LogP contribution in [0.2, 0.25) is 0 Å². The maximum absolute atomic E-state index is 12.4. The van der Waals surface area contributed by atoms with E-state index in [2.05, 4.69) is 10.3 Å². The predicted octanol–water partition coefficient (Wildman–Crippen LogP) is 3.31. The summed E-state index contributed by atoms with van der Waals surface area (Å²) in [4.78, 5) is 16.3. The van der Waals surface area contributed by atoms with Crippen LogP contribution in [0.4, 0.5) is 5.69 Å². The standard InChI is InChI=1S/C16H15N3O/c1-2-19-14-6-4-3-5-12(14)11-15(19)16(20)18-13-7-9-17-10-8-13/h3-11H,2H2,1H3,(H,17,18,20). The molecule has 2 heterocycles. The summed E-state index contributed by atoms with van der Waals surface area (Å²) < 4.78 is 2.02. The zero-order chi connectivity index (χ0) is 13.9. The molecule has 0 aliphatic heterocycles. The Morgan fingerprint density at radius 1 is 1.20 bits per heavy atom. The van der Waals surface area contributed by atoms with Gasteiger partial charge in [0.2, 0.25) is 0 Å². The van der Waals surface area contributed by atoms with Crippen molar-refractivity contribution in [2.75, 3.05) is 5.32 Å². The Morgan fingerprint density at radius 3 is 2.70 bits per heavy atom. The average Bonchev–Trinajstić information content (AvgIpc) is 2.87. The van der Waals surface area contributed by atoms with Crippen LogP contribution >= 0.6 is 0 Å². The lowest BCUT2D eigenvalue weighted by Gasteiger charge is -2.08. The molecule has 1 aromatic carbocycles. The quantitative estimate of drug-likeness (QED) is 0.789. The Labute approximate surface area is 117 Å². The number of carbonyl (C=O) groups excluding carboxylic acids is 1. The SMILES string of the molecule is CCn1c(C(=O)Nc2ccncc2)cc2ccccc21. The van der Waals surface area contributed by atoms with E-state index in [4.69, 9.17) is 0 Å². The molecule has 4 heteroatoms. The number of nitrogens with zero attached hydrogens (tertiary/aromatic N) is 2. The number of benzene rings is 1. The average molecular weight is 265 g/mol. The minimum Gasteiger partial charge on any atom is -0.337 e. The third kappa shape index (κ3) is 2.16. The minimum absolute atomic E-state index is 0.103. The molecule has 2 aromatic heterocycles. The van der Waals surface area contributed by atoms with Gasteiger partial charge in [0, 0.05) is 35.5 Å². The van der Waals surface area contributed by atoms with Gasteiger partial charge < -0.3 is 9.88 Å². The fraction of sp³-hybridized carbons (Fsp3) is 0.125. The zero-order valence-corrected chi connectivity index (χ0v) is 11.2. The Kier molecular flexibility index (Phi) is 3.21. The van der Waals surface area contributed by atoms with Crippen LogP contribution < -0.4 is 5.32 Å². The fourth-order valence-electron chi connectivity index (χ4n) is 2.37. The minimum atomic E-state index is -0.103. The van der Waals surface area contributed by atoms with E-state index in [0.29, 0.717) is 5.69 Å². The number of nitrogens with one attached hydrogen (secondary N) is 1. The van der Waals surface area contributed by atoms with E-state index in [9.17, 15) is 4.79 Å². The van der Waals surface area contributed by atoms with E-state index in [-0.39, 0.29) is 5.91 Å². The van der Waals surface area contributed by atoms with Crippen LogP contribution in [0.1, 0.15) is 17.4 Å². The van der Waals surface area contributed by atoms with Crippen LogP contribution in [-0.2, 0) is 6.54 Å². The van der Waals surface area contributed by atoms with Gasteiger partial charge >= 0.3 is 0 Å². The Hall–Kier alpha value is -2.62. The van der Waals surface area contributed by atoms with Crippen LogP contribution in [0.3, 0.4) is 0 Å². The van der Waals surface area contributed by atoms with Gasteiger partial charge in [0.05, 0.1) is 0 Å². The molecule has 20 heavy (non-hydrogen) atoms. The zero-order valence-electron chi connectivity index (χ0n) is 11.2. The van der Waals surface area contributed by atoms with Gasteiger partial charge in [-0.3, -0.25) is 9.78 Å². The van der Waals surface area contributed by atoms with E-state index >= 15 is 0 Å². The van der Waals surface area contributed by atoms with Gasteiger partial charge in [-0.1, -0.05) is 18.2 Å². The third-order valence-corrected chi connectivity index (χ3v) is 3.30. The normalized spacial score (nSPS) is 10.7. The first-order valence-electron chi connectivity index (χ1n) is 6.59. The summed E-state index contributed by atoms with van der Waals surface area (Å²) in [6, 6.07) is 13.5. The molecule has 100 valence electrons. The van der Waals surface area contributed by atoms with E-state index < -0.39 is 0 Å². The molecule has 0 saturated heterocycles. The topological polar surface area (TPSA) is 46.9 Å². The van der Waals surface area contributed by atoms with Gasteiger partial charge in [-0.05, 0) is 31.2 Å². The number of pyridine rings is 1. The number of carbonyl (C=O) groups is 1. The molecule has 0 fully saturated rings. The van der Waals surface area contributed by atoms with Crippen molar-refractivity contribution in [3.8, 4) is 0 Å². The van der Waals surface area contributed by atoms with Crippen LogP contribution in [0, 0.1) is 0 Å². The maximum atomic E-state index is 12.4. The summed E-state index contributed by atoms with van der Waals surface area (Å²) in [6.07, 6.45) is 3.32. The number of amides is 1. The molecule has 0 aliphatic rings. The molecule has 1 N–H and O–H groups in total. The monoisotopic (exact) mass is 265 g/mol. The lowest BCUT2D eigenvalue weighted by molar-refractivity contribution is 0.101. The molecule has 0 saturated carbocycles. The first-order chi connectivity index (χ1) is 9.79. The second-order valence-electron chi connectivity index (χ2n) is 4.52. The highest BCUT2D eigenvalue weighted by atomic mass is 16.1. The number of fused-ring (bicyclic) bond motifs is 1. The number of hydrogen-bond acceptors (Lipinski definition) is 2. The van der Waals surface area contributed by atoms with Gasteiger partial charge in [0.1, 0.15) is 5.69 Å². The largest absolute Gasteiger partial charge is 0.337 e. The number of rotatable bonds is 3. The van der Waals surface area contributed by atoms with Crippen LogP contribution in [-0.4, -0.2) is 15.5 Å². The van der Waals surface area contributed by atoms with Crippen molar-refractivity contribution in [1.29, 1.82) is 0 Å². The summed E-state index contributed by atoms with van der Waals surface area (Å²) in [7, 11) is 0. The van der Waals surface area contributed by atoms with Gasteiger partial charge in [-0.25, -0.2) is 0 Å². The van der Waals surface area contributed by atoms with Gasteiger partial charge in [-0.15, -0.1) is 0 Å². The Balaban J connectivity index is 1.99. The van der Waals surface area contributed by atoms with Crippen molar-refractivity contribution in [3.05, 3.63) is 60.6 Å². The molecule has 0 bridgehead atoms.